The number of anilines is 1. The van der Waals surface area contributed by atoms with Gasteiger partial charge in [0.25, 0.3) is 0 Å². The summed E-state index contributed by atoms with van der Waals surface area (Å²) < 4.78 is 23.7. The first-order chi connectivity index (χ1) is 11.1. The third-order valence-corrected chi connectivity index (χ3v) is 4.11. The average molecular weight is 398 g/mol. The van der Waals surface area contributed by atoms with Gasteiger partial charge in [0.1, 0.15) is 11.6 Å². The standard InChI is InChI=1S/C16H24FN3O3.2ClH/c1-22-13(11-18)10-16(21)20-7-5-19(6-8-20)14-4-3-12(17)9-15(14)23-2;;/h3-4,9,13H,5-8,10-11,18H2,1-2H3;2*1H. The second kappa shape index (κ2) is 11.4. The number of carbonyl (C=O) groups excluding carboxylic acids is 1. The van der Waals surface area contributed by atoms with Crippen molar-refractivity contribution >= 4 is 36.4 Å². The van der Waals surface area contributed by atoms with Crippen LogP contribution in [0.3, 0.4) is 0 Å². The second-order valence-corrected chi connectivity index (χ2v) is 5.48. The van der Waals surface area contributed by atoms with Crippen molar-refractivity contribution in [3.8, 4) is 5.75 Å². The molecule has 1 atom stereocenters. The van der Waals surface area contributed by atoms with Crippen LogP contribution in [0.1, 0.15) is 6.42 Å². The quantitative estimate of drug-likeness (QED) is 0.790. The number of amides is 1. The number of piperazine rings is 1. The Balaban J connectivity index is 0.00000288. The summed E-state index contributed by atoms with van der Waals surface area (Å²) in [7, 11) is 3.08. The van der Waals surface area contributed by atoms with Crippen LogP contribution >= 0.6 is 24.8 Å². The van der Waals surface area contributed by atoms with Gasteiger partial charge in [-0.2, -0.15) is 0 Å². The normalized spacial score (nSPS) is 15.0. The van der Waals surface area contributed by atoms with E-state index in [0.717, 1.165) is 5.69 Å². The molecule has 1 saturated heterocycles. The number of rotatable bonds is 6. The Morgan fingerprint density at radius 3 is 2.40 bits per heavy atom. The number of halogens is 3. The smallest absolute Gasteiger partial charge is 0.225 e. The summed E-state index contributed by atoms with van der Waals surface area (Å²) >= 11 is 0. The van der Waals surface area contributed by atoms with Crippen molar-refractivity contribution in [2.75, 3.05) is 51.8 Å². The molecular weight excluding hydrogens is 372 g/mol. The van der Waals surface area contributed by atoms with E-state index in [4.69, 9.17) is 15.2 Å². The van der Waals surface area contributed by atoms with Crippen LogP contribution in [0.5, 0.6) is 5.75 Å². The highest BCUT2D eigenvalue weighted by molar-refractivity contribution is 5.85. The molecule has 0 radical (unpaired) electrons. The molecule has 1 aromatic carbocycles. The Bertz CT molecular complexity index is 539. The monoisotopic (exact) mass is 397 g/mol. The lowest BCUT2D eigenvalue weighted by molar-refractivity contribution is -0.133. The minimum absolute atomic E-state index is 0. The molecule has 1 heterocycles. The fraction of sp³-hybridized carbons (Fsp3) is 0.562. The van der Waals surface area contributed by atoms with E-state index in [1.807, 2.05) is 4.90 Å². The van der Waals surface area contributed by atoms with E-state index in [1.165, 1.54) is 19.2 Å². The van der Waals surface area contributed by atoms with Crippen LogP contribution in [0.2, 0.25) is 0 Å². The first-order valence-electron chi connectivity index (χ1n) is 7.68. The summed E-state index contributed by atoms with van der Waals surface area (Å²) in [6, 6.07) is 4.50. The van der Waals surface area contributed by atoms with E-state index in [-0.39, 0.29) is 42.6 Å². The van der Waals surface area contributed by atoms with Crippen LogP contribution in [0.25, 0.3) is 0 Å². The molecule has 1 aliphatic rings. The molecule has 0 saturated carbocycles. The van der Waals surface area contributed by atoms with Crippen LogP contribution < -0.4 is 15.4 Å². The van der Waals surface area contributed by atoms with E-state index in [1.54, 1.807) is 13.2 Å². The fourth-order valence-electron chi connectivity index (χ4n) is 2.70. The van der Waals surface area contributed by atoms with Crippen LogP contribution in [0.15, 0.2) is 18.2 Å². The van der Waals surface area contributed by atoms with Gasteiger partial charge < -0.3 is 25.0 Å². The van der Waals surface area contributed by atoms with Gasteiger partial charge in [0, 0.05) is 45.9 Å². The maximum Gasteiger partial charge on any atom is 0.225 e. The lowest BCUT2D eigenvalue weighted by Gasteiger charge is -2.37. The van der Waals surface area contributed by atoms with Crippen LogP contribution in [0.4, 0.5) is 10.1 Å². The van der Waals surface area contributed by atoms with Crippen LogP contribution in [-0.2, 0) is 9.53 Å². The summed E-state index contributed by atoms with van der Waals surface area (Å²) in [5.74, 6) is 0.229. The Morgan fingerprint density at radius 1 is 1.24 bits per heavy atom. The van der Waals surface area contributed by atoms with Crippen molar-refractivity contribution in [2.45, 2.75) is 12.5 Å². The van der Waals surface area contributed by atoms with Gasteiger partial charge in [-0.05, 0) is 12.1 Å². The lowest BCUT2D eigenvalue weighted by Crippen LogP contribution is -2.49. The molecule has 0 aliphatic carbocycles. The molecule has 144 valence electrons. The first kappa shape index (κ1) is 23.7. The van der Waals surface area contributed by atoms with Gasteiger partial charge in [0.15, 0.2) is 0 Å². The van der Waals surface area contributed by atoms with Crippen molar-refractivity contribution in [1.82, 2.24) is 4.90 Å². The summed E-state index contributed by atoms with van der Waals surface area (Å²) in [4.78, 5) is 16.1. The third-order valence-electron chi connectivity index (χ3n) is 4.11. The third kappa shape index (κ3) is 6.18. The number of benzene rings is 1. The number of nitrogens with two attached hydrogens (primary N) is 1. The van der Waals surface area contributed by atoms with Crippen molar-refractivity contribution in [2.24, 2.45) is 5.73 Å². The van der Waals surface area contributed by atoms with Crippen molar-refractivity contribution in [3.05, 3.63) is 24.0 Å². The zero-order valence-corrected chi connectivity index (χ0v) is 16.1. The summed E-state index contributed by atoms with van der Waals surface area (Å²) in [6.45, 7) is 2.90. The molecule has 1 fully saturated rings. The van der Waals surface area contributed by atoms with Crippen molar-refractivity contribution < 1.29 is 18.7 Å². The topological polar surface area (TPSA) is 68.0 Å². The maximum atomic E-state index is 13.3. The molecule has 2 rings (SSSR count). The minimum Gasteiger partial charge on any atom is -0.494 e. The molecule has 0 aromatic heterocycles. The lowest BCUT2D eigenvalue weighted by atomic mass is 10.2. The molecule has 6 nitrogen and oxygen atoms in total. The van der Waals surface area contributed by atoms with Gasteiger partial charge in [-0.25, -0.2) is 4.39 Å². The van der Waals surface area contributed by atoms with Gasteiger partial charge in [0.2, 0.25) is 5.91 Å². The summed E-state index contributed by atoms with van der Waals surface area (Å²) in [5.41, 5.74) is 6.40. The SMILES string of the molecule is COc1cc(F)ccc1N1CCN(C(=O)CC(CN)OC)CC1.Cl.Cl. The zero-order chi connectivity index (χ0) is 16.8. The highest BCUT2D eigenvalue weighted by Crippen LogP contribution is 2.29. The Morgan fingerprint density at radius 2 is 1.88 bits per heavy atom. The Labute approximate surface area is 160 Å². The van der Waals surface area contributed by atoms with Crippen molar-refractivity contribution in [1.29, 1.82) is 0 Å². The largest absolute Gasteiger partial charge is 0.494 e. The van der Waals surface area contributed by atoms with Gasteiger partial charge in [0.05, 0.1) is 25.3 Å². The predicted octanol–water partition coefficient (Wildman–Crippen LogP) is 1.69. The molecule has 9 heteroatoms. The molecule has 1 aromatic rings. The predicted molar refractivity (Wildman–Crippen MR) is 101 cm³/mol. The second-order valence-electron chi connectivity index (χ2n) is 5.48. The molecule has 1 aliphatic heterocycles. The molecule has 1 amide bonds. The molecule has 0 bridgehead atoms. The molecular formula is C16H26Cl2FN3O3. The van der Waals surface area contributed by atoms with E-state index in [0.29, 0.717) is 44.9 Å². The van der Waals surface area contributed by atoms with E-state index < -0.39 is 0 Å². The number of hydrogen-bond acceptors (Lipinski definition) is 5. The molecule has 0 spiro atoms. The highest BCUT2D eigenvalue weighted by atomic mass is 35.5. The summed E-state index contributed by atoms with van der Waals surface area (Å²) in [5, 5.41) is 0. The van der Waals surface area contributed by atoms with Gasteiger partial charge in [-0.15, -0.1) is 24.8 Å². The molecule has 1 unspecified atom stereocenters. The van der Waals surface area contributed by atoms with E-state index in [9.17, 15) is 9.18 Å². The highest BCUT2D eigenvalue weighted by Gasteiger charge is 2.24. The first-order valence-corrected chi connectivity index (χ1v) is 7.68. The fourth-order valence-corrected chi connectivity index (χ4v) is 2.70. The van der Waals surface area contributed by atoms with E-state index in [2.05, 4.69) is 4.90 Å². The number of hydrogen-bond donors (Lipinski definition) is 1. The average Bonchev–Trinajstić information content (AvgIpc) is 2.59. The zero-order valence-electron chi connectivity index (χ0n) is 14.4. The van der Waals surface area contributed by atoms with E-state index >= 15 is 0 Å². The van der Waals surface area contributed by atoms with Gasteiger partial charge >= 0.3 is 0 Å². The number of methoxy groups -OCH3 is 2. The van der Waals surface area contributed by atoms with Gasteiger partial charge in [-0.1, -0.05) is 0 Å². The molecule has 25 heavy (non-hydrogen) atoms. The van der Waals surface area contributed by atoms with Gasteiger partial charge in [-0.3, -0.25) is 4.79 Å². The van der Waals surface area contributed by atoms with Crippen molar-refractivity contribution in [3.63, 3.8) is 0 Å². The van der Waals surface area contributed by atoms with Crippen LogP contribution in [-0.4, -0.2) is 63.9 Å². The Hall–Kier alpha value is -1.28. The minimum atomic E-state index is -0.327. The van der Waals surface area contributed by atoms with Crippen LogP contribution in [0, 0.1) is 5.82 Å². The molecule has 2 N–H and O–H groups in total. The maximum absolute atomic E-state index is 13.3. The number of ether oxygens (including phenoxy) is 2. The summed E-state index contributed by atoms with van der Waals surface area (Å²) in [6.07, 6.45) is 0.0603. The number of nitrogens with zero attached hydrogens (tertiary/aromatic N) is 2. The Kier molecular flexibility index (Phi) is 10.8. The number of carbonyl (C=O) groups is 1.